The number of aliphatic carboxylic acids is 1. The Morgan fingerprint density at radius 1 is 0.955 bits per heavy atom. The van der Waals surface area contributed by atoms with Crippen LogP contribution in [0, 0.1) is 0 Å². The van der Waals surface area contributed by atoms with Crippen molar-refractivity contribution in [3.63, 3.8) is 0 Å². The second-order valence-electron chi connectivity index (χ2n) is 4.69. The summed E-state index contributed by atoms with van der Waals surface area (Å²) in [7, 11) is 3.15. The number of hydrogen-bond donors (Lipinski definition) is 1. The molecular formula is C17H18O5. The molecule has 0 aliphatic carbocycles. The highest BCUT2D eigenvalue weighted by atomic mass is 16.5. The predicted octanol–water partition coefficient (Wildman–Crippen LogP) is 2.91. The number of carbonyl (C=O) groups is 1. The minimum Gasteiger partial charge on any atom is -0.497 e. The molecule has 22 heavy (non-hydrogen) atoms. The van der Waals surface area contributed by atoms with Crippen LogP contribution in [0.2, 0.25) is 0 Å². The van der Waals surface area contributed by atoms with E-state index in [1.54, 1.807) is 25.3 Å². The van der Waals surface area contributed by atoms with Gasteiger partial charge in [0, 0.05) is 0 Å². The van der Waals surface area contributed by atoms with Crippen LogP contribution in [-0.4, -0.2) is 25.3 Å². The van der Waals surface area contributed by atoms with Crippen molar-refractivity contribution < 1.29 is 24.1 Å². The number of carboxylic acid groups (broad SMARTS) is 1. The average Bonchev–Trinajstić information content (AvgIpc) is 2.53. The molecule has 0 unspecified atom stereocenters. The van der Waals surface area contributed by atoms with Crippen molar-refractivity contribution in [2.75, 3.05) is 14.2 Å². The molecule has 0 radical (unpaired) electrons. The first-order chi connectivity index (χ1) is 10.6. The molecule has 0 aliphatic rings. The van der Waals surface area contributed by atoms with Crippen molar-refractivity contribution in [2.24, 2.45) is 0 Å². The number of carboxylic acids is 1. The molecule has 0 heterocycles. The lowest BCUT2D eigenvalue weighted by molar-refractivity contribution is -0.136. The van der Waals surface area contributed by atoms with Crippen LogP contribution in [0.25, 0.3) is 0 Å². The second kappa shape index (κ2) is 7.36. The van der Waals surface area contributed by atoms with Gasteiger partial charge in [-0.05, 0) is 35.4 Å². The summed E-state index contributed by atoms with van der Waals surface area (Å²) in [5.74, 6) is 1.01. The minimum absolute atomic E-state index is 0.0465. The number of rotatable bonds is 7. The van der Waals surface area contributed by atoms with Crippen LogP contribution in [0.3, 0.4) is 0 Å². The molecule has 5 heteroatoms. The zero-order valence-corrected chi connectivity index (χ0v) is 12.5. The van der Waals surface area contributed by atoms with Gasteiger partial charge in [0.1, 0.15) is 12.4 Å². The molecule has 2 rings (SSSR count). The highest BCUT2D eigenvalue weighted by Crippen LogP contribution is 2.29. The van der Waals surface area contributed by atoms with Crippen molar-refractivity contribution >= 4 is 5.97 Å². The van der Waals surface area contributed by atoms with Gasteiger partial charge in [0.25, 0.3) is 0 Å². The molecule has 0 aliphatic heterocycles. The van der Waals surface area contributed by atoms with Gasteiger partial charge in [0.15, 0.2) is 11.5 Å². The summed E-state index contributed by atoms with van der Waals surface area (Å²) in [6, 6.07) is 12.7. The van der Waals surface area contributed by atoms with Crippen molar-refractivity contribution in [3.8, 4) is 17.2 Å². The van der Waals surface area contributed by atoms with Gasteiger partial charge in [0.05, 0.1) is 20.6 Å². The normalized spacial score (nSPS) is 10.1. The molecule has 1 N–H and O–H groups in total. The first kappa shape index (κ1) is 15.7. The quantitative estimate of drug-likeness (QED) is 0.852. The molecule has 0 atom stereocenters. The van der Waals surface area contributed by atoms with E-state index < -0.39 is 5.97 Å². The Hall–Kier alpha value is -2.69. The third-order valence-electron chi connectivity index (χ3n) is 3.14. The van der Waals surface area contributed by atoms with Crippen LogP contribution >= 0.6 is 0 Å². The fourth-order valence-electron chi connectivity index (χ4n) is 2.00. The second-order valence-corrected chi connectivity index (χ2v) is 4.69. The summed E-state index contributed by atoms with van der Waals surface area (Å²) in [6.07, 6.45) is -0.0465. The summed E-state index contributed by atoms with van der Waals surface area (Å²) in [4.78, 5) is 10.7. The molecule has 0 fully saturated rings. The molecular weight excluding hydrogens is 284 g/mol. The molecule has 2 aromatic rings. The number of hydrogen-bond acceptors (Lipinski definition) is 4. The lowest BCUT2D eigenvalue weighted by Crippen LogP contribution is -2.02. The van der Waals surface area contributed by atoms with E-state index in [1.807, 2.05) is 24.3 Å². The van der Waals surface area contributed by atoms with Gasteiger partial charge < -0.3 is 19.3 Å². The van der Waals surface area contributed by atoms with E-state index in [9.17, 15) is 4.79 Å². The molecule has 0 saturated carbocycles. The van der Waals surface area contributed by atoms with E-state index >= 15 is 0 Å². The smallest absolute Gasteiger partial charge is 0.307 e. The predicted molar refractivity (Wildman–Crippen MR) is 81.7 cm³/mol. The number of methoxy groups -OCH3 is 2. The number of ether oxygens (including phenoxy) is 3. The van der Waals surface area contributed by atoms with E-state index in [0.717, 1.165) is 11.3 Å². The molecule has 0 bridgehead atoms. The van der Waals surface area contributed by atoms with Crippen molar-refractivity contribution in [1.82, 2.24) is 0 Å². The summed E-state index contributed by atoms with van der Waals surface area (Å²) in [6.45, 7) is 0.388. The van der Waals surface area contributed by atoms with Crippen molar-refractivity contribution in [3.05, 3.63) is 53.6 Å². The van der Waals surface area contributed by atoms with E-state index in [4.69, 9.17) is 19.3 Å². The van der Waals surface area contributed by atoms with Gasteiger partial charge in [-0.25, -0.2) is 0 Å². The highest BCUT2D eigenvalue weighted by molar-refractivity contribution is 5.70. The average molecular weight is 302 g/mol. The Bertz CT molecular complexity index is 634. The first-order valence-corrected chi connectivity index (χ1v) is 6.77. The standard InChI is InChI=1S/C17H18O5/c1-20-14-6-3-12(4-7-14)11-22-15-8-5-13(10-17(18)19)9-16(15)21-2/h3-9H,10-11H2,1-2H3,(H,18,19). The first-order valence-electron chi connectivity index (χ1n) is 6.77. The third-order valence-corrected chi connectivity index (χ3v) is 3.14. The Morgan fingerprint density at radius 2 is 1.64 bits per heavy atom. The molecule has 0 saturated heterocycles. The van der Waals surface area contributed by atoms with Gasteiger partial charge >= 0.3 is 5.97 Å². The van der Waals surface area contributed by atoms with Crippen LogP contribution in [-0.2, 0) is 17.8 Å². The van der Waals surface area contributed by atoms with E-state index in [0.29, 0.717) is 23.7 Å². The lowest BCUT2D eigenvalue weighted by Gasteiger charge is -2.12. The Morgan fingerprint density at radius 3 is 2.23 bits per heavy atom. The van der Waals surface area contributed by atoms with Gasteiger partial charge in [-0.2, -0.15) is 0 Å². The maximum absolute atomic E-state index is 10.7. The molecule has 0 aromatic heterocycles. The molecule has 116 valence electrons. The van der Waals surface area contributed by atoms with Crippen LogP contribution in [0.1, 0.15) is 11.1 Å². The fourth-order valence-corrected chi connectivity index (χ4v) is 2.00. The van der Waals surface area contributed by atoms with E-state index in [1.165, 1.54) is 7.11 Å². The Labute approximate surface area is 129 Å². The van der Waals surface area contributed by atoms with Crippen LogP contribution in [0.4, 0.5) is 0 Å². The van der Waals surface area contributed by atoms with Gasteiger partial charge in [-0.15, -0.1) is 0 Å². The summed E-state index contributed by atoms with van der Waals surface area (Å²) < 4.78 is 16.1. The summed E-state index contributed by atoms with van der Waals surface area (Å²) >= 11 is 0. The van der Waals surface area contributed by atoms with Gasteiger partial charge in [-0.3, -0.25) is 4.79 Å². The number of benzene rings is 2. The largest absolute Gasteiger partial charge is 0.497 e. The molecule has 2 aromatic carbocycles. The maximum Gasteiger partial charge on any atom is 0.307 e. The Kier molecular flexibility index (Phi) is 5.25. The van der Waals surface area contributed by atoms with E-state index in [-0.39, 0.29) is 6.42 Å². The minimum atomic E-state index is -0.881. The fraction of sp³-hybridized carbons (Fsp3) is 0.235. The van der Waals surface area contributed by atoms with Crippen LogP contribution < -0.4 is 14.2 Å². The molecule has 5 nitrogen and oxygen atoms in total. The maximum atomic E-state index is 10.7. The van der Waals surface area contributed by atoms with Crippen LogP contribution in [0.5, 0.6) is 17.2 Å². The highest BCUT2D eigenvalue weighted by Gasteiger charge is 2.08. The summed E-state index contributed by atoms with van der Waals surface area (Å²) in [5.41, 5.74) is 1.67. The van der Waals surface area contributed by atoms with Gasteiger partial charge in [-0.1, -0.05) is 18.2 Å². The van der Waals surface area contributed by atoms with Crippen molar-refractivity contribution in [1.29, 1.82) is 0 Å². The molecule has 0 spiro atoms. The van der Waals surface area contributed by atoms with Crippen LogP contribution in [0.15, 0.2) is 42.5 Å². The van der Waals surface area contributed by atoms with E-state index in [2.05, 4.69) is 0 Å². The van der Waals surface area contributed by atoms with Gasteiger partial charge in [0.2, 0.25) is 0 Å². The topological polar surface area (TPSA) is 65.0 Å². The lowest BCUT2D eigenvalue weighted by atomic mass is 10.1. The zero-order chi connectivity index (χ0) is 15.9. The molecule has 0 amide bonds. The Balaban J connectivity index is 2.06. The summed E-state index contributed by atoms with van der Waals surface area (Å²) in [5, 5.41) is 8.81. The third kappa shape index (κ3) is 4.15. The monoisotopic (exact) mass is 302 g/mol. The van der Waals surface area contributed by atoms with Crippen molar-refractivity contribution in [2.45, 2.75) is 13.0 Å². The zero-order valence-electron chi connectivity index (χ0n) is 12.5. The SMILES string of the molecule is COc1ccc(COc2ccc(CC(=O)O)cc2OC)cc1.